The normalized spacial score (nSPS) is 17.4. The van der Waals surface area contributed by atoms with Crippen LogP contribution in [0, 0.1) is 17.0 Å². The van der Waals surface area contributed by atoms with E-state index in [9.17, 15) is 23.6 Å². The predicted molar refractivity (Wildman–Crippen MR) is 221 cm³/mol. The summed E-state index contributed by atoms with van der Waals surface area (Å²) in [7, 11) is 0. The Kier molecular flexibility index (Phi) is 14.5. The van der Waals surface area contributed by atoms with Crippen molar-refractivity contribution in [1.82, 2.24) is 24.6 Å². The lowest BCUT2D eigenvalue weighted by Crippen LogP contribution is -2.53. The van der Waals surface area contributed by atoms with Crippen LogP contribution in [-0.4, -0.2) is 125 Å². The van der Waals surface area contributed by atoms with Crippen LogP contribution in [0.25, 0.3) is 11.1 Å². The molecule has 4 amide bonds. The van der Waals surface area contributed by atoms with Gasteiger partial charge in [-0.1, -0.05) is 30.9 Å². The number of hydrogen-bond acceptors (Lipinski definition) is 8. The average molecular weight is 826 g/mol. The molecule has 3 aliphatic rings. The Balaban J connectivity index is 0.920. The SMILES string of the molecule is C=C(F)/C(=C\C(=C/C)CC(=N)c1ccccc1C(N)=O)C(=O)N1CCN(C(=O)CN2CCC(OC3CCN(C(=O)c4c(F)cc(-c5ccncc5)cc4F)CC3)CC2)CC1. The first kappa shape index (κ1) is 43.6. The van der Waals surface area contributed by atoms with E-state index in [2.05, 4.69) is 16.5 Å². The Labute approximate surface area is 347 Å². The number of carbonyl (C=O) groups is 4. The fourth-order valence-electron chi connectivity index (χ4n) is 7.88. The molecule has 3 saturated heterocycles. The highest BCUT2D eigenvalue weighted by Crippen LogP contribution is 2.28. The summed E-state index contributed by atoms with van der Waals surface area (Å²) in [4.78, 5) is 62.5. The maximum absolute atomic E-state index is 15.0. The van der Waals surface area contributed by atoms with Crippen molar-refractivity contribution in [2.24, 2.45) is 5.73 Å². The molecule has 3 N–H and O–H groups in total. The van der Waals surface area contributed by atoms with Crippen molar-refractivity contribution in [3.8, 4) is 11.1 Å². The number of pyridine rings is 1. The van der Waals surface area contributed by atoms with Crippen LogP contribution in [-0.2, 0) is 14.3 Å². The van der Waals surface area contributed by atoms with Gasteiger partial charge in [-0.25, -0.2) is 13.2 Å². The molecule has 0 saturated carbocycles. The molecule has 4 heterocycles. The number of primary amides is 1. The summed E-state index contributed by atoms with van der Waals surface area (Å²) in [5, 5.41) is 8.58. The number of allylic oxidation sites excluding steroid dienone is 3. The molecule has 0 atom stereocenters. The Morgan fingerprint density at radius 2 is 1.40 bits per heavy atom. The summed E-state index contributed by atoms with van der Waals surface area (Å²) >= 11 is 0. The van der Waals surface area contributed by atoms with E-state index in [1.165, 1.54) is 46.5 Å². The molecule has 6 rings (SSSR count). The summed E-state index contributed by atoms with van der Waals surface area (Å²) in [6, 6.07) is 12.1. The first-order valence-electron chi connectivity index (χ1n) is 20.1. The van der Waals surface area contributed by atoms with Crippen molar-refractivity contribution in [2.75, 3.05) is 58.9 Å². The second-order valence-electron chi connectivity index (χ2n) is 15.2. The van der Waals surface area contributed by atoms with Gasteiger partial charge in [-0.2, -0.15) is 0 Å². The minimum absolute atomic E-state index is 0.0131. The zero-order valence-corrected chi connectivity index (χ0v) is 33.7. The molecule has 60 heavy (non-hydrogen) atoms. The highest BCUT2D eigenvalue weighted by molar-refractivity contribution is 6.09. The number of likely N-dealkylation sites (tertiary alicyclic amines) is 2. The van der Waals surface area contributed by atoms with Crippen LogP contribution in [0.4, 0.5) is 13.2 Å². The van der Waals surface area contributed by atoms with Crippen molar-refractivity contribution in [3.63, 3.8) is 0 Å². The quantitative estimate of drug-likeness (QED) is 0.128. The van der Waals surface area contributed by atoms with Gasteiger partial charge in [0.2, 0.25) is 11.8 Å². The number of carbonyl (C=O) groups excluding carboxylic acids is 4. The number of piperazine rings is 1. The van der Waals surface area contributed by atoms with Crippen molar-refractivity contribution in [3.05, 3.63) is 125 Å². The summed E-state index contributed by atoms with van der Waals surface area (Å²) in [6.07, 6.45) is 8.55. The molecule has 15 heteroatoms. The zero-order valence-electron chi connectivity index (χ0n) is 33.7. The number of halogens is 3. The molecule has 12 nitrogen and oxygen atoms in total. The van der Waals surface area contributed by atoms with E-state index in [0.29, 0.717) is 74.4 Å². The fraction of sp³-hybridized carbons (Fsp3) is 0.378. The molecule has 0 aliphatic carbocycles. The maximum Gasteiger partial charge on any atom is 0.259 e. The lowest BCUT2D eigenvalue weighted by Gasteiger charge is -2.38. The Morgan fingerprint density at radius 1 is 0.833 bits per heavy atom. The number of rotatable bonds is 13. The molecule has 0 bridgehead atoms. The number of amides is 4. The highest BCUT2D eigenvalue weighted by Gasteiger charge is 2.32. The molecule has 2 aromatic carbocycles. The minimum Gasteiger partial charge on any atom is -0.375 e. The van der Waals surface area contributed by atoms with Gasteiger partial charge in [0, 0.05) is 88.0 Å². The second-order valence-corrected chi connectivity index (χ2v) is 15.2. The van der Waals surface area contributed by atoms with E-state index in [1.807, 2.05) is 0 Å². The van der Waals surface area contributed by atoms with Crippen LogP contribution in [0.5, 0.6) is 0 Å². The largest absolute Gasteiger partial charge is 0.375 e. The highest BCUT2D eigenvalue weighted by atomic mass is 19.1. The average Bonchev–Trinajstić information content (AvgIpc) is 3.25. The summed E-state index contributed by atoms with van der Waals surface area (Å²) < 4.78 is 51.2. The van der Waals surface area contributed by atoms with Crippen LogP contribution in [0.1, 0.15) is 65.3 Å². The number of aromatic nitrogens is 1. The number of hydrogen-bond donors (Lipinski definition) is 2. The monoisotopic (exact) mass is 825 g/mol. The number of nitrogens with zero attached hydrogens (tertiary/aromatic N) is 5. The Bertz CT molecular complexity index is 2150. The van der Waals surface area contributed by atoms with Gasteiger partial charge in [-0.15, -0.1) is 0 Å². The molecule has 1 aromatic heterocycles. The number of benzene rings is 2. The van der Waals surface area contributed by atoms with Gasteiger partial charge in [0.05, 0.1) is 24.3 Å². The van der Waals surface area contributed by atoms with E-state index in [-0.39, 0.29) is 61.0 Å². The topological polar surface area (TPSA) is 153 Å². The lowest BCUT2D eigenvalue weighted by atomic mass is 9.96. The molecule has 3 fully saturated rings. The number of ether oxygens (including phenoxy) is 1. The number of nitrogens with two attached hydrogens (primary N) is 1. The van der Waals surface area contributed by atoms with Crippen LogP contribution in [0.15, 0.2) is 96.6 Å². The Morgan fingerprint density at radius 3 is 1.97 bits per heavy atom. The van der Waals surface area contributed by atoms with E-state index in [4.69, 9.17) is 15.9 Å². The van der Waals surface area contributed by atoms with Crippen molar-refractivity contribution < 1.29 is 37.1 Å². The minimum atomic E-state index is -0.914. The van der Waals surface area contributed by atoms with Gasteiger partial charge in [0.25, 0.3) is 11.8 Å². The van der Waals surface area contributed by atoms with Crippen LogP contribution < -0.4 is 5.73 Å². The number of piperidine rings is 2. The first-order chi connectivity index (χ1) is 28.8. The van der Waals surface area contributed by atoms with Gasteiger partial charge in [0.1, 0.15) is 23.0 Å². The fourth-order valence-corrected chi connectivity index (χ4v) is 7.88. The number of nitrogens with one attached hydrogen (secondary N) is 1. The standard InChI is InChI=1S/C45H50F3N7O5/c1-3-30(25-40(49)35-6-4-5-7-36(35)43(50)57)24-37(29(2)46)44(58)55-22-20-53(21-23-55)41(56)28-52-16-10-33(11-17-52)60-34-12-18-54(19-13-34)45(59)42-38(47)26-32(27-39(42)48)31-8-14-51-15-9-31/h3-9,14-15,24,26-27,33-34,49H,2,10-13,16-23,25,28H2,1H3,(H2,50,57)/b30-3+,37-24+,49-40?. The first-order valence-corrected chi connectivity index (χ1v) is 20.1. The molecule has 0 radical (unpaired) electrons. The van der Waals surface area contributed by atoms with Crippen molar-refractivity contribution >= 4 is 29.3 Å². The Hall–Kier alpha value is -5.93. The van der Waals surface area contributed by atoms with E-state index in [1.54, 1.807) is 48.2 Å². The van der Waals surface area contributed by atoms with Crippen molar-refractivity contribution in [1.29, 1.82) is 5.41 Å². The summed E-state index contributed by atoms with van der Waals surface area (Å²) in [5.74, 6) is -4.70. The summed E-state index contributed by atoms with van der Waals surface area (Å²) in [5.41, 5.74) is 6.72. The van der Waals surface area contributed by atoms with Gasteiger partial charge in [0.15, 0.2) is 0 Å². The molecule has 316 valence electrons. The molecule has 3 aromatic rings. The molecule has 0 unspecified atom stereocenters. The molecule has 0 spiro atoms. The van der Waals surface area contributed by atoms with Gasteiger partial charge in [-0.05, 0) is 85.7 Å². The van der Waals surface area contributed by atoms with Crippen molar-refractivity contribution in [2.45, 2.75) is 51.2 Å². The summed E-state index contributed by atoms with van der Waals surface area (Å²) in [6.45, 7) is 8.26. The van der Waals surface area contributed by atoms with Crippen LogP contribution >= 0.6 is 0 Å². The lowest BCUT2D eigenvalue weighted by molar-refractivity contribution is -0.139. The van der Waals surface area contributed by atoms with Gasteiger partial charge >= 0.3 is 0 Å². The third kappa shape index (κ3) is 10.6. The van der Waals surface area contributed by atoms with E-state index >= 15 is 8.78 Å². The maximum atomic E-state index is 15.0. The van der Waals surface area contributed by atoms with E-state index < -0.39 is 40.7 Å². The zero-order chi connectivity index (χ0) is 42.9. The van der Waals surface area contributed by atoms with E-state index in [0.717, 1.165) is 12.8 Å². The smallest absolute Gasteiger partial charge is 0.259 e. The van der Waals surface area contributed by atoms with Gasteiger partial charge < -0.3 is 30.6 Å². The van der Waals surface area contributed by atoms with Crippen LogP contribution in [0.3, 0.4) is 0 Å². The van der Waals surface area contributed by atoms with Crippen LogP contribution in [0.2, 0.25) is 0 Å². The molecule has 3 aliphatic heterocycles. The molecular formula is C45H50F3N7O5. The van der Waals surface area contributed by atoms with Gasteiger partial charge in [-0.3, -0.25) is 29.1 Å². The second kappa shape index (κ2) is 19.9. The predicted octanol–water partition coefficient (Wildman–Crippen LogP) is 5.70. The molecular weight excluding hydrogens is 776 g/mol. The third-order valence-electron chi connectivity index (χ3n) is 11.3. The third-order valence-corrected chi connectivity index (χ3v) is 11.3.